The van der Waals surface area contributed by atoms with Crippen LogP contribution in [0.3, 0.4) is 0 Å². The van der Waals surface area contributed by atoms with E-state index in [0.29, 0.717) is 36.3 Å². The number of aryl methyl sites for hydroxylation is 1. The zero-order chi connectivity index (χ0) is 26.0. The van der Waals surface area contributed by atoms with E-state index in [-0.39, 0.29) is 23.5 Å². The van der Waals surface area contributed by atoms with Crippen molar-refractivity contribution >= 4 is 11.9 Å². The van der Waals surface area contributed by atoms with Crippen LogP contribution in [0.5, 0.6) is 5.75 Å². The zero-order valence-electron chi connectivity index (χ0n) is 22.5. The molecular formula is C32H40O5. The van der Waals surface area contributed by atoms with Gasteiger partial charge < -0.3 is 14.2 Å². The number of methoxy groups -OCH3 is 1. The fourth-order valence-electron chi connectivity index (χ4n) is 7.35. The van der Waals surface area contributed by atoms with Crippen LogP contribution in [0.2, 0.25) is 0 Å². The molecule has 3 aliphatic rings. The van der Waals surface area contributed by atoms with Gasteiger partial charge in [0.2, 0.25) is 0 Å². The molecule has 37 heavy (non-hydrogen) atoms. The first-order chi connectivity index (χ1) is 17.9. The normalized spacial score (nSPS) is 28.0. The summed E-state index contributed by atoms with van der Waals surface area (Å²) in [5.41, 5.74) is 4.59. The van der Waals surface area contributed by atoms with Crippen LogP contribution in [0, 0.1) is 17.3 Å². The number of fused-ring (bicyclic) bond motifs is 5. The zero-order valence-corrected chi connectivity index (χ0v) is 22.5. The molecule has 0 heterocycles. The first-order valence-corrected chi connectivity index (χ1v) is 14.0. The van der Waals surface area contributed by atoms with Crippen molar-refractivity contribution in [2.24, 2.45) is 17.3 Å². The number of hydrogen-bond donors (Lipinski definition) is 0. The molecule has 0 aromatic heterocycles. The van der Waals surface area contributed by atoms with Gasteiger partial charge in [-0.25, -0.2) is 4.79 Å². The van der Waals surface area contributed by atoms with Crippen LogP contribution in [0.1, 0.15) is 98.2 Å². The highest BCUT2D eigenvalue weighted by Gasteiger charge is 2.56. The molecule has 5 heteroatoms. The van der Waals surface area contributed by atoms with Gasteiger partial charge in [0, 0.05) is 11.8 Å². The average Bonchev–Trinajstić information content (AvgIpc) is 3.26. The Hall–Kier alpha value is -2.82. The maximum absolute atomic E-state index is 12.4. The molecule has 0 spiro atoms. The van der Waals surface area contributed by atoms with Gasteiger partial charge in [-0.15, -0.1) is 0 Å². The van der Waals surface area contributed by atoms with Gasteiger partial charge in [0.15, 0.2) is 0 Å². The molecule has 0 amide bonds. The minimum Gasteiger partial charge on any atom is -0.489 e. The van der Waals surface area contributed by atoms with E-state index in [0.717, 1.165) is 43.4 Å². The van der Waals surface area contributed by atoms with Crippen molar-refractivity contribution in [1.82, 2.24) is 0 Å². The number of rotatable bonds is 8. The van der Waals surface area contributed by atoms with Gasteiger partial charge >= 0.3 is 11.9 Å². The van der Waals surface area contributed by atoms with Crippen molar-refractivity contribution in [2.75, 3.05) is 7.11 Å². The third kappa shape index (κ3) is 5.15. The van der Waals surface area contributed by atoms with Crippen molar-refractivity contribution in [2.45, 2.75) is 90.3 Å². The number of benzene rings is 2. The maximum Gasteiger partial charge on any atom is 0.337 e. The summed E-state index contributed by atoms with van der Waals surface area (Å²) in [5.74, 6) is 2.46. The predicted molar refractivity (Wildman–Crippen MR) is 143 cm³/mol. The van der Waals surface area contributed by atoms with E-state index in [1.54, 1.807) is 12.1 Å². The fourth-order valence-corrected chi connectivity index (χ4v) is 7.35. The topological polar surface area (TPSA) is 61.8 Å². The van der Waals surface area contributed by atoms with E-state index in [4.69, 9.17) is 14.2 Å². The lowest BCUT2D eigenvalue weighted by Crippen LogP contribution is -2.45. The molecule has 2 aromatic rings. The highest BCUT2D eigenvalue weighted by atomic mass is 16.5. The van der Waals surface area contributed by atoms with Crippen molar-refractivity contribution in [3.8, 4) is 5.75 Å². The molecule has 2 saturated carbocycles. The van der Waals surface area contributed by atoms with Crippen LogP contribution in [-0.2, 0) is 27.3 Å². The largest absolute Gasteiger partial charge is 0.489 e. The minimum atomic E-state index is -0.329. The van der Waals surface area contributed by atoms with E-state index in [1.807, 2.05) is 12.1 Å². The second-order valence-corrected chi connectivity index (χ2v) is 11.5. The van der Waals surface area contributed by atoms with Gasteiger partial charge in [-0.05, 0) is 104 Å². The molecule has 0 radical (unpaired) electrons. The highest BCUT2D eigenvalue weighted by molar-refractivity contribution is 5.89. The summed E-state index contributed by atoms with van der Waals surface area (Å²) in [5, 5.41) is 0. The van der Waals surface area contributed by atoms with E-state index in [9.17, 15) is 9.59 Å². The van der Waals surface area contributed by atoms with Gasteiger partial charge in [0.1, 0.15) is 18.5 Å². The van der Waals surface area contributed by atoms with Gasteiger partial charge in [-0.2, -0.15) is 0 Å². The summed E-state index contributed by atoms with van der Waals surface area (Å²) in [6.07, 6.45) is 9.35. The molecule has 3 aliphatic carbocycles. The van der Waals surface area contributed by atoms with E-state index in [1.165, 1.54) is 37.5 Å². The molecule has 2 fully saturated rings. The molecule has 5 rings (SSSR count). The third-order valence-electron chi connectivity index (χ3n) is 9.40. The molecule has 0 N–H and O–H groups in total. The molecular weight excluding hydrogens is 464 g/mol. The molecule has 0 bridgehead atoms. The van der Waals surface area contributed by atoms with Gasteiger partial charge in [0.05, 0.1) is 12.7 Å². The van der Waals surface area contributed by atoms with Crippen LogP contribution in [-0.4, -0.2) is 25.2 Å². The average molecular weight is 505 g/mol. The second kappa shape index (κ2) is 10.9. The quantitative estimate of drug-likeness (QED) is 0.362. The summed E-state index contributed by atoms with van der Waals surface area (Å²) >= 11 is 0. The number of unbranched alkanes of at least 4 members (excludes halogenated alkanes) is 1. The summed E-state index contributed by atoms with van der Waals surface area (Å²) in [4.78, 5) is 24.0. The van der Waals surface area contributed by atoms with Crippen LogP contribution in [0.4, 0.5) is 0 Å². The van der Waals surface area contributed by atoms with Crippen molar-refractivity contribution in [1.29, 1.82) is 0 Å². The lowest BCUT2D eigenvalue weighted by atomic mass is 9.55. The van der Waals surface area contributed by atoms with Gasteiger partial charge in [-0.3, -0.25) is 4.79 Å². The molecule has 5 nitrogen and oxygen atoms in total. The van der Waals surface area contributed by atoms with E-state index in [2.05, 4.69) is 32.0 Å². The number of carbonyl (C=O) groups is 2. The summed E-state index contributed by atoms with van der Waals surface area (Å²) in [6.45, 7) is 4.97. The molecule has 2 aromatic carbocycles. The van der Waals surface area contributed by atoms with E-state index >= 15 is 0 Å². The monoisotopic (exact) mass is 504 g/mol. The van der Waals surface area contributed by atoms with Crippen molar-refractivity contribution < 1.29 is 23.8 Å². The lowest BCUT2D eigenvalue weighted by Gasteiger charge is -2.50. The van der Waals surface area contributed by atoms with Crippen LogP contribution < -0.4 is 4.74 Å². The SMILES string of the molecule is CCCCC(=O)O[C@@H]1CC[C@@H]2[C@@H]3CCc4cc(OCc5ccc(C(=O)OC)cc5)ccc4[C@@H]3CC[C@@]21C. The number of esters is 2. The Balaban J connectivity index is 1.23. The molecule has 5 atom stereocenters. The molecule has 198 valence electrons. The van der Waals surface area contributed by atoms with Crippen LogP contribution >= 0.6 is 0 Å². The maximum atomic E-state index is 12.4. The molecule has 0 unspecified atom stereocenters. The fraction of sp³-hybridized carbons (Fsp3) is 0.562. The van der Waals surface area contributed by atoms with Gasteiger partial charge in [-0.1, -0.05) is 38.5 Å². The Labute approximate surface area is 220 Å². The first kappa shape index (κ1) is 25.8. The Morgan fingerprint density at radius 1 is 1.03 bits per heavy atom. The smallest absolute Gasteiger partial charge is 0.337 e. The number of hydrogen-bond acceptors (Lipinski definition) is 5. The standard InChI is InChI=1S/C32H40O5/c1-4-5-6-30(33)37-29-16-15-28-27-13-11-23-19-24(12-14-25(23)26(27)17-18-32(28,29)2)36-20-21-7-9-22(10-8-21)31(34)35-3/h7-10,12,14,19,26-29H,4-6,11,13,15-18,20H2,1-3H3/t26-,27+,28+,29+,32-/m0/s1. The minimum absolute atomic E-state index is 0.00299. The summed E-state index contributed by atoms with van der Waals surface area (Å²) in [7, 11) is 1.39. The third-order valence-corrected chi connectivity index (χ3v) is 9.40. The Bertz CT molecular complexity index is 1120. The Kier molecular flexibility index (Phi) is 7.60. The first-order valence-electron chi connectivity index (χ1n) is 14.0. The van der Waals surface area contributed by atoms with E-state index < -0.39 is 0 Å². The van der Waals surface area contributed by atoms with Crippen molar-refractivity contribution in [3.05, 3.63) is 64.7 Å². The van der Waals surface area contributed by atoms with Crippen LogP contribution in [0.15, 0.2) is 42.5 Å². The Morgan fingerprint density at radius 3 is 2.59 bits per heavy atom. The number of ether oxygens (including phenoxy) is 3. The number of carbonyl (C=O) groups excluding carboxylic acids is 2. The second-order valence-electron chi connectivity index (χ2n) is 11.5. The Morgan fingerprint density at radius 2 is 1.84 bits per heavy atom. The summed E-state index contributed by atoms with van der Waals surface area (Å²) in [6, 6.07) is 14.0. The lowest BCUT2D eigenvalue weighted by molar-refractivity contribution is -0.157. The predicted octanol–water partition coefficient (Wildman–Crippen LogP) is 7.01. The van der Waals surface area contributed by atoms with Crippen LogP contribution in [0.25, 0.3) is 0 Å². The van der Waals surface area contributed by atoms with Gasteiger partial charge in [0.25, 0.3) is 0 Å². The highest BCUT2D eigenvalue weighted by Crippen LogP contribution is 2.61. The summed E-state index contributed by atoms with van der Waals surface area (Å²) < 4.78 is 16.9. The molecule has 0 aliphatic heterocycles. The van der Waals surface area contributed by atoms with Crippen molar-refractivity contribution in [3.63, 3.8) is 0 Å². The molecule has 0 saturated heterocycles.